The molecule has 0 radical (unpaired) electrons. The van der Waals surface area contributed by atoms with Gasteiger partial charge in [-0.1, -0.05) is 18.2 Å². The number of hydrogen-bond acceptors (Lipinski definition) is 5. The third-order valence-electron chi connectivity index (χ3n) is 6.48. The predicted octanol–water partition coefficient (Wildman–Crippen LogP) is 3.79. The molecule has 0 spiro atoms. The summed E-state index contributed by atoms with van der Waals surface area (Å²) in [7, 11) is 0. The third-order valence-corrected chi connectivity index (χ3v) is 6.48. The standard InChI is InChI=1S/C27H33N3O5/c1-2-34-27(33)28-16-5-19-35-23-11-8-21(9-12-23)26(32)29-17-14-22(15-18-29)30-24-7-4-3-6-20(24)10-13-25(30)31/h3-4,6-9,11-12,22H,2,5,10,13-19H2,1H3,(H,28,33). The van der Waals surface area contributed by atoms with Crippen molar-refractivity contribution >= 4 is 23.6 Å². The molecule has 8 nitrogen and oxygen atoms in total. The van der Waals surface area contributed by atoms with Gasteiger partial charge in [0.15, 0.2) is 0 Å². The van der Waals surface area contributed by atoms with Crippen LogP contribution in [0.15, 0.2) is 48.5 Å². The van der Waals surface area contributed by atoms with Crippen LogP contribution in [0.4, 0.5) is 10.5 Å². The molecule has 0 aliphatic carbocycles. The van der Waals surface area contributed by atoms with Crippen LogP contribution in [0, 0.1) is 0 Å². The molecule has 0 saturated carbocycles. The van der Waals surface area contributed by atoms with Crippen molar-refractivity contribution in [2.24, 2.45) is 0 Å². The zero-order valence-electron chi connectivity index (χ0n) is 20.2. The molecule has 0 bridgehead atoms. The quantitative estimate of drug-likeness (QED) is 0.582. The van der Waals surface area contributed by atoms with E-state index in [4.69, 9.17) is 9.47 Å². The summed E-state index contributed by atoms with van der Waals surface area (Å²) < 4.78 is 10.5. The van der Waals surface area contributed by atoms with E-state index >= 15 is 0 Å². The fourth-order valence-corrected chi connectivity index (χ4v) is 4.69. The average Bonchev–Trinajstić information content (AvgIpc) is 2.89. The normalized spacial score (nSPS) is 16.0. The number of rotatable bonds is 8. The summed E-state index contributed by atoms with van der Waals surface area (Å²) in [5.74, 6) is 0.860. The summed E-state index contributed by atoms with van der Waals surface area (Å²) in [6.45, 7) is 4.28. The number of fused-ring (bicyclic) bond motifs is 1. The van der Waals surface area contributed by atoms with E-state index in [-0.39, 0.29) is 17.9 Å². The third kappa shape index (κ3) is 6.12. The van der Waals surface area contributed by atoms with Gasteiger partial charge in [-0.15, -0.1) is 0 Å². The highest BCUT2D eigenvalue weighted by Crippen LogP contribution is 2.32. The molecule has 0 atom stereocenters. The van der Waals surface area contributed by atoms with Crippen molar-refractivity contribution < 1.29 is 23.9 Å². The zero-order chi connectivity index (χ0) is 24.6. The number of likely N-dealkylation sites (tertiary alicyclic amines) is 1. The van der Waals surface area contributed by atoms with Crippen LogP contribution < -0.4 is 15.0 Å². The Morgan fingerprint density at radius 2 is 1.77 bits per heavy atom. The molecule has 186 valence electrons. The molecule has 0 aromatic heterocycles. The van der Waals surface area contributed by atoms with Crippen molar-refractivity contribution in [1.82, 2.24) is 10.2 Å². The minimum atomic E-state index is -0.424. The molecular formula is C27H33N3O5. The van der Waals surface area contributed by atoms with Gasteiger partial charge in [0.2, 0.25) is 5.91 Å². The number of nitrogens with one attached hydrogen (secondary N) is 1. The number of aryl methyl sites for hydroxylation is 1. The molecule has 2 heterocycles. The molecule has 2 aromatic rings. The van der Waals surface area contributed by atoms with Gasteiger partial charge in [0.1, 0.15) is 5.75 Å². The summed E-state index contributed by atoms with van der Waals surface area (Å²) in [6, 6.07) is 15.4. The van der Waals surface area contributed by atoms with Crippen molar-refractivity contribution in [3.8, 4) is 5.75 Å². The fourth-order valence-electron chi connectivity index (χ4n) is 4.69. The van der Waals surface area contributed by atoms with Crippen LogP contribution in [-0.4, -0.2) is 61.7 Å². The number of para-hydroxylation sites is 1. The van der Waals surface area contributed by atoms with Crippen molar-refractivity contribution in [2.45, 2.75) is 45.1 Å². The minimum Gasteiger partial charge on any atom is -0.494 e. The van der Waals surface area contributed by atoms with Crippen LogP contribution in [-0.2, 0) is 16.0 Å². The molecule has 2 aliphatic rings. The Morgan fingerprint density at radius 3 is 2.51 bits per heavy atom. The molecule has 1 saturated heterocycles. The lowest BCUT2D eigenvalue weighted by Crippen LogP contribution is -2.50. The molecule has 4 rings (SSSR count). The number of anilines is 1. The van der Waals surface area contributed by atoms with Gasteiger partial charge in [0.05, 0.1) is 13.2 Å². The van der Waals surface area contributed by atoms with Gasteiger partial charge >= 0.3 is 6.09 Å². The van der Waals surface area contributed by atoms with Crippen LogP contribution in [0.25, 0.3) is 0 Å². The predicted molar refractivity (Wildman–Crippen MR) is 133 cm³/mol. The summed E-state index contributed by atoms with van der Waals surface area (Å²) in [5, 5.41) is 2.65. The van der Waals surface area contributed by atoms with E-state index in [0.717, 1.165) is 24.9 Å². The van der Waals surface area contributed by atoms with Gasteiger partial charge in [-0.3, -0.25) is 9.59 Å². The number of nitrogens with zero attached hydrogens (tertiary/aromatic N) is 2. The van der Waals surface area contributed by atoms with Gasteiger partial charge in [-0.2, -0.15) is 0 Å². The van der Waals surface area contributed by atoms with E-state index in [0.29, 0.717) is 57.0 Å². The monoisotopic (exact) mass is 479 g/mol. The van der Waals surface area contributed by atoms with E-state index in [9.17, 15) is 14.4 Å². The van der Waals surface area contributed by atoms with Crippen molar-refractivity contribution in [2.75, 3.05) is 37.7 Å². The maximum Gasteiger partial charge on any atom is 0.407 e. The fraction of sp³-hybridized carbons (Fsp3) is 0.444. The zero-order valence-corrected chi connectivity index (χ0v) is 20.2. The number of hydrogen-bond donors (Lipinski definition) is 1. The molecule has 8 heteroatoms. The van der Waals surface area contributed by atoms with Crippen molar-refractivity contribution in [3.05, 3.63) is 59.7 Å². The van der Waals surface area contributed by atoms with E-state index in [1.165, 1.54) is 5.56 Å². The van der Waals surface area contributed by atoms with Crippen LogP contribution in [0.5, 0.6) is 5.75 Å². The Labute approximate surface area is 206 Å². The molecular weight excluding hydrogens is 446 g/mol. The van der Waals surface area contributed by atoms with Gasteiger partial charge < -0.3 is 24.6 Å². The Kier molecular flexibility index (Phi) is 8.23. The summed E-state index contributed by atoms with van der Waals surface area (Å²) in [4.78, 5) is 40.8. The van der Waals surface area contributed by atoms with E-state index in [1.807, 2.05) is 28.0 Å². The van der Waals surface area contributed by atoms with Gasteiger partial charge in [0.25, 0.3) is 5.91 Å². The molecule has 1 N–H and O–H groups in total. The number of carbonyl (C=O) groups is 3. The van der Waals surface area contributed by atoms with Gasteiger partial charge in [-0.25, -0.2) is 4.79 Å². The van der Waals surface area contributed by atoms with Crippen LogP contribution in [0.2, 0.25) is 0 Å². The lowest BCUT2D eigenvalue weighted by molar-refractivity contribution is -0.119. The highest BCUT2D eigenvalue weighted by molar-refractivity contribution is 5.97. The molecule has 35 heavy (non-hydrogen) atoms. The lowest BCUT2D eigenvalue weighted by atomic mass is 9.95. The highest BCUT2D eigenvalue weighted by Gasteiger charge is 2.33. The van der Waals surface area contributed by atoms with E-state index in [2.05, 4.69) is 11.4 Å². The van der Waals surface area contributed by atoms with Gasteiger partial charge in [0, 0.05) is 43.3 Å². The van der Waals surface area contributed by atoms with Crippen LogP contribution >= 0.6 is 0 Å². The average molecular weight is 480 g/mol. The first-order valence-electron chi connectivity index (χ1n) is 12.4. The largest absolute Gasteiger partial charge is 0.494 e. The first-order valence-corrected chi connectivity index (χ1v) is 12.4. The maximum atomic E-state index is 13.0. The first-order chi connectivity index (χ1) is 17.1. The number of alkyl carbamates (subject to hydrolysis) is 1. The number of carbonyl (C=O) groups excluding carboxylic acids is 3. The Morgan fingerprint density at radius 1 is 1.03 bits per heavy atom. The highest BCUT2D eigenvalue weighted by atomic mass is 16.5. The summed E-state index contributed by atoms with van der Waals surface area (Å²) >= 11 is 0. The Hall–Kier alpha value is -3.55. The Balaban J connectivity index is 1.24. The summed E-state index contributed by atoms with van der Waals surface area (Å²) in [6.07, 6.45) is 3.12. The number of benzene rings is 2. The Bertz CT molecular complexity index is 1030. The smallest absolute Gasteiger partial charge is 0.407 e. The molecule has 2 aromatic carbocycles. The summed E-state index contributed by atoms with van der Waals surface area (Å²) in [5.41, 5.74) is 2.88. The van der Waals surface area contributed by atoms with Crippen LogP contribution in [0.1, 0.15) is 48.5 Å². The maximum absolute atomic E-state index is 13.0. The number of amides is 3. The van der Waals surface area contributed by atoms with E-state index < -0.39 is 6.09 Å². The SMILES string of the molecule is CCOC(=O)NCCCOc1ccc(C(=O)N2CCC(N3C(=O)CCc4ccccc43)CC2)cc1. The minimum absolute atomic E-state index is 0.000919. The van der Waals surface area contributed by atoms with Crippen molar-refractivity contribution in [1.29, 1.82) is 0 Å². The lowest BCUT2D eigenvalue weighted by Gasteiger charge is -2.41. The second kappa shape index (κ2) is 11.7. The second-order valence-electron chi connectivity index (χ2n) is 8.79. The van der Waals surface area contributed by atoms with Crippen LogP contribution in [0.3, 0.4) is 0 Å². The molecule has 3 amide bonds. The number of ether oxygens (including phenoxy) is 2. The molecule has 0 unspecified atom stereocenters. The first kappa shape index (κ1) is 24.6. The molecule has 2 aliphatic heterocycles. The topological polar surface area (TPSA) is 88.2 Å². The molecule has 1 fully saturated rings. The van der Waals surface area contributed by atoms with Gasteiger partial charge in [-0.05, 0) is 68.5 Å². The number of piperidine rings is 1. The van der Waals surface area contributed by atoms with Crippen molar-refractivity contribution in [3.63, 3.8) is 0 Å². The van der Waals surface area contributed by atoms with E-state index in [1.54, 1.807) is 31.2 Å². The second-order valence-corrected chi connectivity index (χ2v) is 8.79.